The summed E-state index contributed by atoms with van der Waals surface area (Å²) in [6, 6.07) is 12.2. The Balaban J connectivity index is 1.47. The van der Waals surface area contributed by atoms with E-state index in [-0.39, 0.29) is 34.9 Å². The molecule has 0 saturated carbocycles. The molecule has 2 aromatic carbocycles. The lowest BCUT2D eigenvalue weighted by molar-refractivity contribution is -0.120. The Kier molecular flexibility index (Phi) is 7.77. The summed E-state index contributed by atoms with van der Waals surface area (Å²) in [5.74, 6) is 1.29. The molecule has 3 aliphatic rings. The number of anilines is 1. The number of halogens is 1. The van der Waals surface area contributed by atoms with E-state index in [2.05, 4.69) is 33.0 Å². The number of amides is 1. The molecule has 0 atom stereocenters. The lowest BCUT2D eigenvalue weighted by Gasteiger charge is -2.42. The van der Waals surface area contributed by atoms with Gasteiger partial charge in [-0.3, -0.25) is 14.4 Å². The molecule has 2 aliphatic carbocycles. The van der Waals surface area contributed by atoms with Crippen molar-refractivity contribution < 1.29 is 28.6 Å². The number of allylic oxidation sites excluding steroid dienone is 4. The normalized spacial score (nSPS) is 19.8. The first-order chi connectivity index (χ1) is 19.4. The molecule has 1 N–H and O–H groups in total. The van der Waals surface area contributed by atoms with Crippen molar-refractivity contribution in [3.63, 3.8) is 0 Å². The quantitative estimate of drug-likeness (QED) is 0.375. The summed E-state index contributed by atoms with van der Waals surface area (Å²) in [6.07, 6.45) is 2.02. The SMILES string of the molecule is CCOc1cc(C2C3=C(CC(C)(C)CC3=O)OC3=C2C(=O)CC(C)(C)C3)ccc1OCC(=O)Nc1ccc(Cl)cc1. The van der Waals surface area contributed by atoms with Crippen molar-refractivity contribution in [3.05, 3.63) is 75.7 Å². The van der Waals surface area contributed by atoms with Crippen LogP contribution in [0, 0.1) is 10.8 Å². The molecule has 1 amide bonds. The lowest BCUT2D eigenvalue weighted by atomic mass is 9.65. The number of ketones is 2. The number of hydrogen-bond acceptors (Lipinski definition) is 6. The fourth-order valence-electron chi connectivity index (χ4n) is 5.97. The second-order valence-corrected chi connectivity index (χ2v) is 13.0. The van der Waals surface area contributed by atoms with Gasteiger partial charge >= 0.3 is 0 Å². The molecule has 0 radical (unpaired) electrons. The second kappa shape index (κ2) is 11.0. The zero-order chi connectivity index (χ0) is 29.5. The van der Waals surface area contributed by atoms with Gasteiger partial charge in [0.2, 0.25) is 0 Å². The van der Waals surface area contributed by atoms with Gasteiger partial charge in [0.25, 0.3) is 5.91 Å². The average Bonchev–Trinajstić information content (AvgIpc) is 2.87. The first kappa shape index (κ1) is 28.9. The zero-order valence-electron chi connectivity index (χ0n) is 24.2. The van der Waals surface area contributed by atoms with E-state index in [0.29, 0.717) is 77.2 Å². The van der Waals surface area contributed by atoms with Gasteiger partial charge in [-0.1, -0.05) is 45.4 Å². The topological polar surface area (TPSA) is 90.9 Å². The number of carbonyl (C=O) groups is 3. The molecule has 0 aromatic heterocycles. The Bertz CT molecular complexity index is 1420. The van der Waals surface area contributed by atoms with Crippen LogP contribution in [0.2, 0.25) is 5.02 Å². The number of rotatable bonds is 7. The standard InChI is InChI=1S/C33H36ClNO6/c1-6-39-25-13-19(7-12-24(25)40-18-28(38)35-21-10-8-20(34)9-11-21)29-30-22(36)14-32(2,3)16-26(30)41-27-17-33(4,5)15-23(37)31(27)29/h7-13,29H,6,14-18H2,1-5H3,(H,35,38). The van der Waals surface area contributed by atoms with E-state index in [1.807, 2.05) is 19.1 Å². The van der Waals surface area contributed by atoms with Crippen molar-refractivity contribution >= 4 is 34.8 Å². The summed E-state index contributed by atoms with van der Waals surface area (Å²) in [5, 5.41) is 3.35. The third-order valence-corrected chi connectivity index (χ3v) is 7.92. The van der Waals surface area contributed by atoms with Crippen molar-refractivity contribution in [3.8, 4) is 11.5 Å². The van der Waals surface area contributed by atoms with Crippen LogP contribution in [0.25, 0.3) is 0 Å². The van der Waals surface area contributed by atoms with Crippen molar-refractivity contribution in [1.82, 2.24) is 0 Å². The van der Waals surface area contributed by atoms with Crippen LogP contribution < -0.4 is 14.8 Å². The predicted molar refractivity (Wildman–Crippen MR) is 157 cm³/mol. The Hall–Kier alpha value is -3.58. The monoisotopic (exact) mass is 577 g/mol. The molecule has 2 aromatic rings. The average molecular weight is 578 g/mol. The smallest absolute Gasteiger partial charge is 0.262 e. The Morgan fingerprint density at radius 3 is 2.02 bits per heavy atom. The molecule has 5 rings (SSSR count). The van der Waals surface area contributed by atoms with Crippen LogP contribution in [-0.2, 0) is 19.1 Å². The highest BCUT2D eigenvalue weighted by molar-refractivity contribution is 6.30. The second-order valence-electron chi connectivity index (χ2n) is 12.6. The minimum absolute atomic E-state index is 0.00240. The van der Waals surface area contributed by atoms with E-state index in [4.69, 9.17) is 25.8 Å². The predicted octanol–water partition coefficient (Wildman–Crippen LogP) is 7.16. The van der Waals surface area contributed by atoms with Gasteiger partial charge in [0.15, 0.2) is 29.7 Å². The molecule has 7 nitrogen and oxygen atoms in total. The largest absolute Gasteiger partial charge is 0.490 e. The third-order valence-electron chi connectivity index (χ3n) is 7.67. The maximum absolute atomic E-state index is 13.6. The molecule has 0 spiro atoms. The van der Waals surface area contributed by atoms with Gasteiger partial charge in [-0.2, -0.15) is 0 Å². The van der Waals surface area contributed by atoms with Gasteiger partial charge in [0.05, 0.1) is 6.61 Å². The van der Waals surface area contributed by atoms with E-state index in [1.54, 1.807) is 30.3 Å². The van der Waals surface area contributed by atoms with Crippen molar-refractivity contribution in [2.45, 2.75) is 66.2 Å². The highest BCUT2D eigenvalue weighted by Crippen LogP contribution is 2.53. The highest BCUT2D eigenvalue weighted by atomic mass is 35.5. The van der Waals surface area contributed by atoms with Gasteiger partial charge in [-0.05, 0) is 59.7 Å². The van der Waals surface area contributed by atoms with E-state index in [1.165, 1.54) is 0 Å². The zero-order valence-corrected chi connectivity index (χ0v) is 24.9. The van der Waals surface area contributed by atoms with Gasteiger partial charge in [0, 0.05) is 53.5 Å². The molecule has 0 unspecified atom stereocenters. The summed E-state index contributed by atoms with van der Waals surface area (Å²) < 4.78 is 18.2. The number of carbonyl (C=O) groups excluding carboxylic acids is 3. The van der Waals surface area contributed by atoms with Gasteiger partial charge in [0.1, 0.15) is 11.5 Å². The highest BCUT2D eigenvalue weighted by Gasteiger charge is 2.48. The summed E-state index contributed by atoms with van der Waals surface area (Å²) in [5.41, 5.74) is 2.04. The molecule has 216 valence electrons. The minimum atomic E-state index is -0.539. The minimum Gasteiger partial charge on any atom is -0.490 e. The Labute approximate surface area is 245 Å². The van der Waals surface area contributed by atoms with E-state index < -0.39 is 5.92 Å². The molecule has 8 heteroatoms. The van der Waals surface area contributed by atoms with Gasteiger partial charge < -0.3 is 19.5 Å². The molecule has 1 heterocycles. The maximum atomic E-state index is 13.6. The molecule has 41 heavy (non-hydrogen) atoms. The van der Waals surface area contributed by atoms with Crippen LogP contribution in [0.15, 0.2) is 65.1 Å². The first-order valence-corrected chi connectivity index (χ1v) is 14.4. The third kappa shape index (κ3) is 6.20. The van der Waals surface area contributed by atoms with Crippen molar-refractivity contribution in [2.24, 2.45) is 10.8 Å². The van der Waals surface area contributed by atoms with Crippen LogP contribution in [0.3, 0.4) is 0 Å². The number of Topliss-reactive ketones (excluding diaryl/α,β-unsaturated/α-hetero) is 2. The number of ether oxygens (including phenoxy) is 3. The summed E-state index contributed by atoms with van der Waals surface area (Å²) >= 11 is 5.92. The van der Waals surface area contributed by atoms with Crippen molar-refractivity contribution in [2.75, 3.05) is 18.5 Å². The van der Waals surface area contributed by atoms with E-state index in [9.17, 15) is 14.4 Å². The van der Waals surface area contributed by atoms with Gasteiger partial charge in [-0.25, -0.2) is 0 Å². The maximum Gasteiger partial charge on any atom is 0.262 e. The first-order valence-electron chi connectivity index (χ1n) is 14.0. The van der Waals surface area contributed by atoms with Crippen LogP contribution in [0.1, 0.15) is 71.8 Å². The van der Waals surface area contributed by atoms with E-state index >= 15 is 0 Å². The van der Waals surface area contributed by atoms with E-state index in [0.717, 1.165) is 5.56 Å². The van der Waals surface area contributed by atoms with Gasteiger partial charge in [-0.15, -0.1) is 0 Å². The summed E-state index contributed by atoms with van der Waals surface area (Å²) in [7, 11) is 0. The van der Waals surface area contributed by atoms with Crippen molar-refractivity contribution in [1.29, 1.82) is 0 Å². The number of nitrogens with one attached hydrogen (secondary N) is 1. The van der Waals surface area contributed by atoms with Crippen LogP contribution in [0.5, 0.6) is 11.5 Å². The molecule has 0 bridgehead atoms. The molecule has 0 fully saturated rings. The molecular formula is C33H36ClNO6. The molecule has 1 aliphatic heterocycles. The Morgan fingerprint density at radius 2 is 1.46 bits per heavy atom. The number of benzene rings is 2. The van der Waals surface area contributed by atoms with Crippen LogP contribution in [0.4, 0.5) is 5.69 Å². The van der Waals surface area contributed by atoms with Crippen LogP contribution >= 0.6 is 11.6 Å². The number of hydrogen-bond donors (Lipinski definition) is 1. The fourth-order valence-corrected chi connectivity index (χ4v) is 6.10. The molecule has 0 saturated heterocycles. The molecular weight excluding hydrogens is 542 g/mol. The summed E-state index contributed by atoms with van der Waals surface area (Å²) in [4.78, 5) is 39.7. The Morgan fingerprint density at radius 1 is 0.878 bits per heavy atom. The lowest BCUT2D eigenvalue weighted by Crippen LogP contribution is -2.37. The fraction of sp³-hybridized carbons (Fsp3) is 0.424. The van der Waals surface area contributed by atoms with Crippen LogP contribution in [-0.4, -0.2) is 30.7 Å². The summed E-state index contributed by atoms with van der Waals surface area (Å²) in [6.45, 7) is 10.3.